The van der Waals surface area contributed by atoms with Crippen LogP contribution in [0.5, 0.6) is 0 Å². The molecule has 4 heteroatoms. The van der Waals surface area contributed by atoms with Crippen LogP contribution in [0.25, 0.3) is 0 Å². The van der Waals surface area contributed by atoms with Gasteiger partial charge in [-0.3, -0.25) is 0 Å². The minimum Gasteiger partial charge on any atom is -0.311 e. The maximum atomic E-state index is 4.42. The maximum Gasteiger partial charge on any atom is 0.0897 e. The van der Waals surface area contributed by atoms with Crippen LogP contribution in [0.4, 0.5) is 0 Å². The first kappa shape index (κ1) is 14.0. The molecule has 0 saturated carbocycles. The summed E-state index contributed by atoms with van der Waals surface area (Å²) in [6, 6.07) is 0. The van der Waals surface area contributed by atoms with Gasteiger partial charge in [0.1, 0.15) is 0 Å². The summed E-state index contributed by atoms with van der Waals surface area (Å²) >= 11 is 3.78. The highest BCUT2D eigenvalue weighted by atomic mass is 32.2. The van der Waals surface area contributed by atoms with Crippen LogP contribution in [0.15, 0.2) is 5.38 Å². The lowest BCUT2D eigenvalue weighted by Crippen LogP contribution is -2.15. The van der Waals surface area contributed by atoms with Crippen LogP contribution in [-0.4, -0.2) is 23.0 Å². The average Bonchev–Trinajstić information content (AvgIpc) is 2.62. The monoisotopic (exact) mass is 258 g/mol. The van der Waals surface area contributed by atoms with Crippen LogP contribution in [0, 0.1) is 12.8 Å². The third kappa shape index (κ3) is 6.51. The number of thiazole rings is 1. The molecule has 0 bridgehead atoms. The third-order valence-corrected chi connectivity index (χ3v) is 4.37. The van der Waals surface area contributed by atoms with E-state index in [4.69, 9.17) is 0 Å². The van der Waals surface area contributed by atoms with Gasteiger partial charge < -0.3 is 5.32 Å². The van der Waals surface area contributed by atoms with Gasteiger partial charge in [0.05, 0.1) is 10.7 Å². The summed E-state index contributed by atoms with van der Waals surface area (Å²) in [5.41, 5.74) is 1.18. The highest BCUT2D eigenvalue weighted by Crippen LogP contribution is 2.09. The van der Waals surface area contributed by atoms with Crippen LogP contribution < -0.4 is 5.32 Å². The fourth-order valence-corrected chi connectivity index (χ4v) is 2.92. The topological polar surface area (TPSA) is 24.9 Å². The molecule has 0 atom stereocenters. The highest BCUT2D eigenvalue weighted by Gasteiger charge is 1.97. The third-order valence-electron chi connectivity index (χ3n) is 2.07. The van der Waals surface area contributed by atoms with Crippen molar-refractivity contribution in [3.63, 3.8) is 0 Å². The van der Waals surface area contributed by atoms with E-state index in [1.165, 1.54) is 23.6 Å². The van der Waals surface area contributed by atoms with Crippen molar-refractivity contribution >= 4 is 23.1 Å². The van der Waals surface area contributed by atoms with Gasteiger partial charge in [0.15, 0.2) is 0 Å². The van der Waals surface area contributed by atoms with Crippen LogP contribution in [-0.2, 0) is 6.54 Å². The normalized spacial score (nSPS) is 11.2. The number of nitrogens with zero attached hydrogens (tertiary/aromatic N) is 1. The van der Waals surface area contributed by atoms with Crippen molar-refractivity contribution < 1.29 is 0 Å². The molecule has 0 amide bonds. The smallest absolute Gasteiger partial charge is 0.0897 e. The van der Waals surface area contributed by atoms with Crippen LogP contribution >= 0.6 is 23.1 Å². The fourth-order valence-electron chi connectivity index (χ4n) is 1.32. The molecule has 16 heavy (non-hydrogen) atoms. The number of thioether (sulfide) groups is 1. The van der Waals surface area contributed by atoms with Gasteiger partial charge in [-0.1, -0.05) is 13.8 Å². The Kier molecular flexibility index (Phi) is 7.08. The second kappa shape index (κ2) is 8.09. The van der Waals surface area contributed by atoms with Crippen LogP contribution in [0.2, 0.25) is 0 Å². The second-order valence-corrected chi connectivity index (χ2v) is 6.57. The molecular formula is C12H22N2S2. The Morgan fingerprint density at radius 2 is 2.31 bits per heavy atom. The first-order valence-electron chi connectivity index (χ1n) is 5.88. The van der Waals surface area contributed by atoms with Crippen molar-refractivity contribution in [2.75, 3.05) is 18.1 Å². The van der Waals surface area contributed by atoms with Gasteiger partial charge in [0, 0.05) is 11.9 Å². The highest BCUT2D eigenvalue weighted by molar-refractivity contribution is 7.99. The van der Waals surface area contributed by atoms with Gasteiger partial charge in [-0.05, 0) is 37.3 Å². The average molecular weight is 258 g/mol. The van der Waals surface area contributed by atoms with E-state index in [2.05, 4.69) is 48.2 Å². The molecule has 0 aliphatic heterocycles. The van der Waals surface area contributed by atoms with Crippen molar-refractivity contribution in [3.8, 4) is 0 Å². The van der Waals surface area contributed by atoms with E-state index in [1.54, 1.807) is 11.3 Å². The number of rotatable bonds is 8. The summed E-state index contributed by atoms with van der Waals surface area (Å²) in [7, 11) is 0. The molecule has 0 aromatic carbocycles. The van der Waals surface area contributed by atoms with Gasteiger partial charge in [0.25, 0.3) is 0 Å². The Hall–Kier alpha value is -0.0600. The van der Waals surface area contributed by atoms with Crippen molar-refractivity contribution in [2.45, 2.75) is 33.7 Å². The minimum atomic E-state index is 0.816. The Labute approximate surface area is 107 Å². The summed E-state index contributed by atoms with van der Waals surface area (Å²) in [6.07, 6.45) is 1.25. The largest absolute Gasteiger partial charge is 0.311 e. The molecule has 0 aliphatic carbocycles. The van der Waals surface area contributed by atoms with Crippen molar-refractivity contribution in [3.05, 3.63) is 16.1 Å². The number of hydrogen-bond donors (Lipinski definition) is 1. The fraction of sp³-hybridized carbons (Fsp3) is 0.750. The Morgan fingerprint density at radius 3 is 2.94 bits per heavy atom. The SMILES string of the molecule is Cc1nc(CNCCCSCC(C)C)cs1. The quantitative estimate of drug-likeness (QED) is 0.724. The van der Waals surface area contributed by atoms with E-state index in [0.717, 1.165) is 24.0 Å². The van der Waals surface area contributed by atoms with E-state index in [-0.39, 0.29) is 0 Å². The van der Waals surface area contributed by atoms with Gasteiger partial charge in [0.2, 0.25) is 0 Å². The summed E-state index contributed by atoms with van der Waals surface area (Å²) in [4.78, 5) is 4.42. The Balaban J connectivity index is 1.92. The van der Waals surface area contributed by atoms with Crippen molar-refractivity contribution in [1.82, 2.24) is 10.3 Å². The molecule has 2 nitrogen and oxygen atoms in total. The zero-order valence-electron chi connectivity index (χ0n) is 10.5. The molecule has 92 valence electrons. The van der Waals surface area contributed by atoms with Crippen LogP contribution in [0.3, 0.4) is 0 Å². The molecule has 1 aromatic rings. The van der Waals surface area contributed by atoms with Crippen molar-refractivity contribution in [2.24, 2.45) is 5.92 Å². The molecule has 1 heterocycles. The summed E-state index contributed by atoms with van der Waals surface area (Å²) < 4.78 is 0. The predicted molar refractivity (Wildman–Crippen MR) is 75.3 cm³/mol. The maximum absolute atomic E-state index is 4.42. The molecule has 1 rings (SSSR count). The van der Waals surface area contributed by atoms with Gasteiger partial charge in [-0.25, -0.2) is 4.98 Å². The predicted octanol–water partition coefficient (Wildman–Crippen LogP) is 3.32. The Morgan fingerprint density at radius 1 is 1.50 bits per heavy atom. The van der Waals surface area contributed by atoms with Gasteiger partial charge in [-0.15, -0.1) is 11.3 Å². The van der Waals surface area contributed by atoms with Gasteiger partial charge >= 0.3 is 0 Å². The molecular weight excluding hydrogens is 236 g/mol. The van der Waals surface area contributed by atoms with E-state index in [0.29, 0.717) is 0 Å². The second-order valence-electron chi connectivity index (χ2n) is 4.36. The lowest BCUT2D eigenvalue weighted by atomic mass is 10.3. The molecule has 0 spiro atoms. The van der Waals surface area contributed by atoms with E-state index in [1.807, 2.05) is 0 Å². The van der Waals surface area contributed by atoms with Crippen LogP contribution in [0.1, 0.15) is 31.0 Å². The standard InChI is InChI=1S/C12H22N2S2/c1-10(2)8-15-6-4-5-13-7-12-9-16-11(3)14-12/h9-10,13H,4-8H2,1-3H3. The number of aromatic nitrogens is 1. The number of hydrogen-bond acceptors (Lipinski definition) is 4. The lowest BCUT2D eigenvalue weighted by Gasteiger charge is -2.05. The molecule has 0 fully saturated rings. The van der Waals surface area contributed by atoms with Gasteiger partial charge in [-0.2, -0.15) is 11.8 Å². The minimum absolute atomic E-state index is 0.816. The zero-order chi connectivity index (χ0) is 11.8. The molecule has 0 radical (unpaired) electrons. The first-order chi connectivity index (χ1) is 7.68. The lowest BCUT2D eigenvalue weighted by molar-refractivity contribution is 0.668. The molecule has 0 saturated heterocycles. The van der Waals surface area contributed by atoms with E-state index in [9.17, 15) is 0 Å². The number of nitrogens with one attached hydrogen (secondary N) is 1. The Bertz CT molecular complexity index is 284. The summed E-state index contributed by atoms with van der Waals surface area (Å²) in [5.74, 6) is 3.36. The first-order valence-corrected chi connectivity index (χ1v) is 7.91. The zero-order valence-corrected chi connectivity index (χ0v) is 12.1. The molecule has 0 unspecified atom stereocenters. The summed E-state index contributed by atoms with van der Waals surface area (Å²) in [5, 5.41) is 6.73. The van der Waals surface area contributed by atoms with E-state index < -0.39 is 0 Å². The molecule has 0 aliphatic rings. The molecule has 1 N–H and O–H groups in total. The summed E-state index contributed by atoms with van der Waals surface area (Å²) in [6.45, 7) is 8.61. The van der Waals surface area contributed by atoms with E-state index >= 15 is 0 Å². The van der Waals surface area contributed by atoms with Crippen molar-refractivity contribution in [1.29, 1.82) is 0 Å². The molecule has 1 aromatic heterocycles. The number of aryl methyl sites for hydroxylation is 1.